The Bertz CT molecular complexity index is 871. The number of urea groups is 1. The van der Waals surface area contributed by atoms with Gasteiger partial charge in [-0.25, -0.2) is 14.8 Å². The molecule has 1 fully saturated rings. The van der Waals surface area contributed by atoms with Gasteiger partial charge in [0.15, 0.2) is 5.82 Å². The molecule has 1 atom stereocenters. The van der Waals surface area contributed by atoms with Crippen molar-refractivity contribution in [2.24, 2.45) is 0 Å². The highest BCUT2D eigenvalue weighted by atomic mass is 16.5. The van der Waals surface area contributed by atoms with Crippen LogP contribution in [0.1, 0.15) is 25.1 Å². The van der Waals surface area contributed by atoms with Crippen LogP contribution in [-0.2, 0) is 22.5 Å². The monoisotopic (exact) mass is 397 g/mol. The Morgan fingerprint density at radius 1 is 1.21 bits per heavy atom. The van der Waals surface area contributed by atoms with E-state index in [4.69, 9.17) is 19.4 Å². The Morgan fingerprint density at radius 2 is 2.03 bits per heavy atom. The largest absolute Gasteiger partial charge is 0.377 e. The van der Waals surface area contributed by atoms with Crippen LogP contribution in [0.3, 0.4) is 0 Å². The molecule has 0 saturated carbocycles. The van der Waals surface area contributed by atoms with Gasteiger partial charge in [0, 0.05) is 36.3 Å². The van der Waals surface area contributed by atoms with E-state index in [1.807, 2.05) is 31.2 Å². The molecule has 8 nitrogen and oxygen atoms in total. The number of ether oxygens (including phenoxy) is 2. The second-order valence-electron chi connectivity index (χ2n) is 7.28. The first-order chi connectivity index (χ1) is 14.2. The minimum absolute atomic E-state index is 0.214. The van der Waals surface area contributed by atoms with E-state index in [2.05, 4.69) is 22.5 Å². The minimum atomic E-state index is -0.214. The van der Waals surface area contributed by atoms with Crippen molar-refractivity contribution in [3.63, 3.8) is 0 Å². The number of rotatable bonds is 4. The van der Waals surface area contributed by atoms with Gasteiger partial charge in [-0.05, 0) is 38.1 Å². The molecule has 2 amide bonds. The molecule has 8 heteroatoms. The van der Waals surface area contributed by atoms with Crippen LogP contribution >= 0.6 is 0 Å². The van der Waals surface area contributed by atoms with Gasteiger partial charge >= 0.3 is 6.03 Å². The normalized spacial score (nSPS) is 18.8. The molecule has 1 saturated heterocycles. The summed E-state index contributed by atoms with van der Waals surface area (Å²) in [6.45, 7) is 8.03. The summed E-state index contributed by atoms with van der Waals surface area (Å²) in [5.41, 5.74) is 3.79. The van der Waals surface area contributed by atoms with E-state index in [-0.39, 0.29) is 12.1 Å². The van der Waals surface area contributed by atoms with Crippen LogP contribution < -0.4 is 15.5 Å². The first kappa shape index (κ1) is 19.6. The van der Waals surface area contributed by atoms with Crippen molar-refractivity contribution in [2.75, 3.05) is 43.1 Å². The smallest absolute Gasteiger partial charge is 0.319 e. The average molecular weight is 397 g/mol. The number of anilines is 2. The Balaban J connectivity index is 1.65. The number of carbonyl (C=O) groups excluding carboxylic acids is 1. The van der Waals surface area contributed by atoms with Crippen molar-refractivity contribution in [1.29, 1.82) is 0 Å². The molecule has 1 aromatic heterocycles. The van der Waals surface area contributed by atoms with Gasteiger partial charge in [-0.15, -0.1) is 0 Å². The second-order valence-corrected chi connectivity index (χ2v) is 7.28. The number of amides is 2. The van der Waals surface area contributed by atoms with E-state index in [1.165, 1.54) is 0 Å². The fraction of sp³-hybridized carbons (Fsp3) is 0.476. The number of nitrogens with zero attached hydrogens (tertiary/aromatic N) is 3. The number of aromatic nitrogens is 2. The molecule has 0 unspecified atom stereocenters. The molecule has 29 heavy (non-hydrogen) atoms. The molecular weight excluding hydrogens is 370 g/mol. The lowest BCUT2D eigenvalue weighted by Gasteiger charge is -2.36. The fourth-order valence-corrected chi connectivity index (χ4v) is 3.66. The maximum Gasteiger partial charge on any atom is 0.319 e. The summed E-state index contributed by atoms with van der Waals surface area (Å²) < 4.78 is 11.3. The van der Waals surface area contributed by atoms with E-state index in [0.29, 0.717) is 38.8 Å². The summed E-state index contributed by atoms with van der Waals surface area (Å²) in [6.07, 6.45) is 0.785. The zero-order chi connectivity index (χ0) is 20.2. The topological polar surface area (TPSA) is 88.6 Å². The molecule has 3 heterocycles. The average Bonchev–Trinajstić information content (AvgIpc) is 2.74. The molecule has 2 aliphatic rings. The highest BCUT2D eigenvalue weighted by molar-refractivity contribution is 5.89. The predicted molar refractivity (Wildman–Crippen MR) is 111 cm³/mol. The third-order valence-corrected chi connectivity index (χ3v) is 5.18. The molecule has 0 radical (unpaired) electrons. The Labute approximate surface area is 170 Å². The van der Waals surface area contributed by atoms with E-state index in [9.17, 15) is 4.79 Å². The molecule has 2 aromatic rings. The zero-order valence-electron chi connectivity index (χ0n) is 16.9. The first-order valence-electron chi connectivity index (χ1n) is 10.1. The summed E-state index contributed by atoms with van der Waals surface area (Å²) in [6, 6.07) is 7.65. The lowest BCUT2D eigenvalue weighted by molar-refractivity contribution is 0.0952. The van der Waals surface area contributed by atoms with Gasteiger partial charge in [-0.2, -0.15) is 0 Å². The number of hydrogen-bond donors (Lipinski definition) is 2. The van der Waals surface area contributed by atoms with Crippen LogP contribution in [0.15, 0.2) is 24.3 Å². The molecular formula is C21H27N5O3. The molecule has 0 bridgehead atoms. The third-order valence-electron chi connectivity index (χ3n) is 5.18. The van der Waals surface area contributed by atoms with Gasteiger partial charge in [0.1, 0.15) is 5.82 Å². The van der Waals surface area contributed by atoms with Crippen molar-refractivity contribution in [3.05, 3.63) is 35.5 Å². The maximum absolute atomic E-state index is 11.7. The highest BCUT2D eigenvalue weighted by Gasteiger charge is 2.27. The van der Waals surface area contributed by atoms with E-state index in [0.717, 1.165) is 41.3 Å². The van der Waals surface area contributed by atoms with E-state index in [1.54, 1.807) is 0 Å². The van der Waals surface area contributed by atoms with Gasteiger partial charge in [0.2, 0.25) is 0 Å². The van der Waals surface area contributed by atoms with Gasteiger partial charge in [0.25, 0.3) is 0 Å². The van der Waals surface area contributed by atoms with Crippen LogP contribution in [0, 0.1) is 0 Å². The molecule has 4 rings (SSSR count). The van der Waals surface area contributed by atoms with Crippen molar-refractivity contribution in [3.8, 4) is 11.4 Å². The Kier molecular flexibility index (Phi) is 5.92. The summed E-state index contributed by atoms with van der Waals surface area (Å²) >= 11 is 0. The number of morpholine rings is 1. The molecule has 1 aromatic carbocycles. The van der Waals surface area contributed by atoms with E-state index >= 15 is 0 Å². The summed E-state index contributed by atoms with van der Waals surface area (Å²) in [5.74, 6) is 1.65. The van der Waals surface area contributed by atoms with Gasteiger partial charge in [-0.3, -0.25) is 0 Å². The number of benzene rings is 1. The van der Waals surface area contributed by atoms with Gasteiger partial charge in [-0.1, -0.05) is 0 Å². The maximum atomic E-state index is 11.7. The van der Waals surface area contributed by atoms with Gasteiger partial charge < -0.3 is 25.0 Å². The molecule has 2 aliphatic heterocycles. The summed E-state index contributed by atoms with van der Waals surface area (Å²) in [4.78, 5) is 23.8. The molecule has 0 spiro atoms. The number of nitrogens with one attached hydrogen (secondary N) is 2. The first-order valence-corrected chi connectivity index (χ1v) is 10.1. The van der Waals surface area contributed by atoms with Crippen LogP contribution in [-0.4, -0.2) is 55.0 Å². The number of carbonyl (C=O) groups is 1. The summed E-state index contributed by atoms with van der Waals surface area (Å²) in [7, 11) is 0. The van der Waals surface area contributed by atoms with Crippen molar-refractivity contribution >= 4 is 17.5 Å². The lowest BCUT2D eigenvalue weighted by Crippen LogP contribution is -2.45. The number of fused-ring (bicyclic) bond motifs is 1. The zero-order valence-corrected chi connectivity index (χ0v) is 16.9. The quantitative estimate of drug-likeness (QED) is 0.824. The SMILES string of the molecule is CCNC(=O)Nc1ccc(-c2nc3c(c(N4CCOC[C@@H]4C)n2)COCC3)cc1. The van der Waals surface area contributed by atoms with Crippen LogP contribution in [0.4, 0.5) is 16.3 Å². The lowest BCUT2D eigenvalue weighted by atomic mass is 10.1. The summed E-state index contributed by atoms with van der Waals surface area (Å²) in [5, 5.41) is 5.53. The van der Waals surface area contributed by atoms with E-state index < -0.39 is 0 Å². The van der Waals surface area contributed by atoms with Crippen LogP contribution in [0.25, 0.3) is 11.4 Å². The Hall–Kier alpha value is -2.71. The minimum Gasteiger partial charge on any atom is -0.377 e. The molecule has 2 N–H and O–H groups in total. The standard InChI is InChI=1S/C21H27N5O3/c1-3-22-21(27)23-16-6-4-15(5-7-16)19-24-18-8-10-28-13-17(18)20(25-19)26-9-11-29-12-14(26)2/h4-7,14H,3,8-13H2,1-2H3,(H2,22,23,27)/t14-/m0/s1. The predicted octanol–water partition coefficient (Wildman–Crippen LogP) is 2.58. The highest BCUT2D eigenvalue weighted by Crippen LogP contribution is 2.31. The Morgan fingerprint density at radius 3 is 2.79 bits per heavy atom. The van der Waals surface area contributed by atoms with Crippen molar-refractivity contribution in [1.82, 2.24) is 15.3 Å². The van der Waals surface area contributed by atoms with Crippen molar-refractivity contribution < 1.29 is 14.3 Å². The van der Waals surface area contributed by atoms with Crippen molar-refractivity contribution in [2.45, 2.75) is 32.9 Å². The van der Waals surface area contributed by atoms with Crippen LogP contribution in [0.5, 0.6) is 0 Å². The van der Waals surface area contributed by atoms with Crippen LogP contribution in [0.2, 0.25) is 0 Å². The molecule has 0 aliphatic carbocycles. The second kappa shape index (κ2) is 8.75. The molecule has 154 valence electrons. The third kappa shape index (κ3) is 4.33. The van der Waals surface area contributed by atoms with Gasteiger partial charge in [0.05, 0.1) is 38.2 Å². The fourth-order valence-electron chi connectivity index (χ4n) is 3.66. The number of hydrogen-bond acceptors (Lipinski definition) is 6.